The molecular formula is C21H21N3O2S. The minimum absolute atomic E-state index is 0.00827. The highest BCUT2D eigenvalue weighted by Crippen LogP contribution is 2.30. The van der Waals surface area contributed by atoms with Crippen molar-refractivity contribution in [3.8, 4) is 11.3 Å². The number of carbonyl (C=O) groups is 1. The van der Waals surface area contributed by atoms with Crippen molar-refractivity contribution in [2.24, 2.45) is 0 Å². The molecule has 1 aliphatic rings. The molecule has 2 aromatic heterocycles. The number of thiazole rings is 1. The van der Waals surface area contributed by atoms with Gasteiger partial charge in [-0.15, -0.1) is 11.3 Å². The van der Waals surface area contributed by atoms with Gasteiger partial charge < -0.3 is 10.0 Å². The van der Waals surface area contributed by atoms with E-state index in [1.54, 1.807) is 17.9 Å². The number of rotatable bonds is 4. The highest BCUT2D eigenvalue weighted by molar-refractivity contribution is 7.12. The van der Waals surface area contributed by atoms with Gasteiger partial charge in [-0.25, -0.2) is 4.98 Å². The zero-order valence-corrected chi connectivity index (χ0v) is 15.7. The van der Waals surface area contributed by atoms with Crippen LogP contribution in [0, 0.1) is 0 Å². The quantitative estimate of drug-likeness (QED) is 0.754. The molecule has 0 unspecified atom stereocenters. The Kier molecular flexibility index (Phi) is 5.01. The van der Waals surface area contributed by atoms with Gasteiger partial charge in [0.25, 0.3) is 5.91 Å². The van der Waals surface area contributed by atoms with Gasteiger partial charge in [-0.2, -0.15) is 0 Å². The van der Waals surface area contributed by atoms with Gasteiger partial charge in [-0.3, -0.25) is 9.78 Å². The van der Waals surface area contributed by atoms with Crippen molar-refractivity contribution in [2.45, 2.75) is 24.9 Å². The Morgan fingerprint density at radius 1 is 1.11 bits per heavy atom. The molecule has 0 bridgehead atoms. The topological polar surface area (TPSA) is 66.3 Å². The first-order valence-electron chi connectivity index (χ1n) is 9.04. The van der Waals surface area contributed by atoms with E-state index in [0.29, 0.717) is 42.9 Å². The van der Waals surface area contributed by atoms with Gasteiger partial charge in [-0.05, 0) is 30.5 Å². The van der Waals surface area contributed by atoms with Crippen LogP contribution in [0.1, 0.15) is 28.1 Å². The molecule has 0 atom stereocenters. The van der Waals surface area contributed by atoms with Crippen LogP contribution in [0.25, 0.3) is 11.3 Å². The molecule has 1 amide bonds. The summed E-state index contributed by atoms with van der Waals surface area (Å²) in [6.07, 6.45) is 5.19. The van der Waals surface area contributed by atoms with Gasteiger partial charge in [0.15, 0.2) is 0 Å². The predicted molar refractivity (Wildman–Crippen MR) is 106 cm³/mol. The lowest BCUT2D eigenvalue weighted by Crippen LogP contribution is -2.47. The normalized spacial score (nSPS) is 16.3. The maximum Gasteiger partial charge on any atom is 0.266 e. The number of hydrogen-bond donors (Lipinski definition) is 1. The molecule has 3 heterocycles. The van der Waals surface area contributed by atoms with E-state index in [9.17, 15) is 9.90 Å². The fraction of sp³-hybridized carbons (Fsp3) is 0.286. The van der Waals surface area contributed by atoms with Crippen LogP contribution in [0.15, 0.2) is 60.4 Å². The molecule has 4 rings (SSSR count). The van der Waals surface area contributed by atoms with E-state index in [1.165, 1.54) is 11.3 Å². The van der Waals surface area contributed by atoms with Crippen LogP contribution in [0.4, 0.5) is 0 Å². The van der Waals surface area contributed by atoms with Crippen LogP contribution < -0.4 is 0 Å². The van der Waals surface area contributed by atoms with E-state index in [1.807, 2.05) is 47.4 Å². The van der Waals surface area contributed by atoms with Crippen molar-refractivity contribution in [2.75, 3.05) is 13.1 Å². The van der Waals surface area contributed by atoms with Crippen molar-refractivity contribution in [1.82, 2.24) is 14.9 Å². The molecule has 1 aromatic carbocycles. The second-order valence-corrected chi connectivity index (χ2v) is 7.80. The summed E-state index contributed by atoms with van der Waals surface area (Å²) in [6.45, 7) is 1.10. The summed E-state index contributed by atoms with van der Waals surface area (Å²) in [4.78, 5) is 23.9. The molecule has 5 nitrogen and oxygen atoms in total. The average Bonchev–Trinajstić information content (AvgIpc) is 3.19. The Hall–Kier alpha value is -2.57. The molecule has 0 saturated carbocycles. The van der Waals surface area contributed by atoms with Crippen molar-refractivity contribution in [3.05, 3.63) is 70.8 Å². The molecule has 1 aliphatic heterocycles. The van der Waals surface area contributed by atoms with Crippen LogP contribution in [-0.4, -0.2) is 44.6 Å². The molecule has 27 heavy (non-hydrogen) atoms. The third kappa shape index (κ3) is 3.91. The van der Waals surface area contributed by atoms with Gasteiger partial charge in [0.1, 0.15) is 4.88 Å². The number of piperidine rings is 1. The van der Waals surface area contributed by atoms with Gasteiger partial charge in [0.05, 0.1) is 16.8 Å². The van der Waals surface area contributed by atoms with E-state index in [2.05, 4.69) is 9.97 Å². The van der Waals surface area contributed by atoms with Crippen LogP contribution >= 0.6 is 11.3 Å². The van der Waals surface area contributed by atoms with E-state index >= 15 is 0 Å². The lowest BCUT2D eigenvalue weighted by Gasteiger charge is -2.38. The van der Waals surface area contributed by atoms with E-state index in [-0.39, 0.29) is 5.91 Å². The monoisotopic (exact) mass is 379 g/mol. The van der Waals surface area contributed by atoms with Crippen LogP contribution in [0.5, 0.6) is 0 Å². The second kappa shape index (κ2) is 7.58. The summed E-state index contributed by atoms with van der Waals surface area (Å²) < 4.78 is 0. The Morgan fingerprint density at radius 3 is 2.52 bits per heavy atom. The summed E-state index contributed by atoms with van der Waals surface area (Å²) >= 11 is 1.36. The number of pyridine rings is 1. The summed E-state index contributed by atoms with van der Waals surface area (Å²) in [5.41, 5.74) is 3.69. The lowest BCUT2D eigenvalue weighted by atomic mass is 9.85. The number of nitrogens with zero attached hydrogens (tertiary/aromatic N) is 3. The molecule has 1 fully saturated rings. The molecule has 0 spiro atoms. The number of likely N-dealkylation sites (tertiary alicyclic amines) is 1. The summed E-state index contributed by atoms with van der Waals surface area (Å²) in [5.74, 6) is -0.00827. The second-order valence-electron chi connectivity index (χ2n) is 6.94. The third-order valence-corrected chi connectivity index (χ3v) is 5.89. The molecular weight excluding hydrogens is 358 g/mol. The molecule has 1 N–H and O–H groups in total. The summed E-state index contributed by atoms with van der Waals surface area (Å²) in [6, 6.07) is 13.7. The lowest BCUT2D eigenvalue weighted by molar-refractivity contribution is -0.0161. The number of benzene rings is 1. The largest absolute Gasteiger partial charge is 0.389 e. The smallest absolute Gasteiger partial charge is 0.266 e. The van der Waals surface area contributed by atoms with Crippen LogP contribution in [-0.2, 0) is 6.42 Å². The maximum absolute atomic E-state index is 13.0. The number of carbonyl (C=O) groups excluding carboxylic acids is 1. The summed E-state index contributed by atoms with van der Waals surface area (Å²) in [5, 5.41) is 10.9. The predicted octanol–water partition coefficient (Wildman–Crippen LogP) is 3.41. The van der Waals surface area contributed by atoms with Gasteiger partial charge in [0, 0.05) is 37.5 Å². The Morgan fingerprint density at radius 2 is 1.81 bits per heavy atom. The van der Waals surface area contributed by atoms with Crippen molar-refractivity contribution in [1.29, 1.82) is 0 Å². The molecule has 1 saturated heterocycles. The van der Waals surface area contributed by atoms with Crippen molar-refractivity contribution < 1.29 is 9.90 Å². The van der Waals surface area contributed by atoms with E-state index in [4.69, 9.17) is 0 Å². The standard InChI is InChI=1S/C21H21N3O2S/c25-20(19-18(23-15-27-19)17-6-10-22-11-7-17)24-12-8-21(26,9-13-24)14-16-4-2-1-3-5-16/h1-7,10-11,15,26H,8-9,12-14H2. The molecule has 138 valence electrons. The van der Waals surface area contributed by atoms with Crippen LogP contribution in [0.3, 0.4) is 0 Å². The molecule has 6 heteroatoms. The van der Waals surface area contributed by atoms with Crippen molar-refractivity contribution in [3.63, 3.8) is 0 Å². The zero-order valence-electron chi connectivity index (χ0n) is 14.9. The van der Waals surface area contributed by atoms with Gasteiger partial charge in [0.2, 0.25) is 0 Å². The third-order valence-electron chi connectivity index (χ3n) is 5.07. The van der Waals surface area contributed by atoms with Gasteiger partial charge in [-0.1, -0.05) is 30.3 Å². The number of aliphatic hydroxyl groups is 1. The highest BCUT2D eigenvalue weighted by Gasteiger charge is 2.35. The zero-order chi connectivity index (χ0) is 18.7. The Balaban J connectivity index is 1.45. The van der Waals surface area contributed by atoms with E-state index in [0.717, 1.165) is 11.1 Å². The minimum Gasteiger partial charge on any atom is -0.389 e. The highest BCUT2D eigenvalue weighted by atomic mass is 32.1. The van der Waals surface area contributed by atoms with E-state index < -0.39 is 5.60 Å². The van der Waals surface area contributed by atoms with Crippen LogP contribution in [0.2, 0.25) is 0 Å². The molecule has 3 aromatic rings. The fourth-order valence-electron chi connectivity index (χ4n) is 3.54. The fourth-order valence-corrected chi connectivity index (χ4v) is 4.31. The Bertz CT molecular complexity index is 903. The average molecular weight is 379 g/mol. The minimum atomic E-state index is -0.750. The maximum atomic E-state index is 13.0. The van der Waals surface area contributed by atoms with Gasteiger partial charge >= 0.3 is 0 Å². The first kappa shape index (κ1) is 17.8. The summed E-state index contributed by atoms with van der Waals surface area (Å²) in [7, 11) is 0. The number of hydrogen-bond acceptors (Lipinski definition) is 5. The number of amides is 1. The SMILES string of the molecule is O=C(c1scnc1-c1ccncc1)N1CCC(O)(Cc2ccccc2)CC1. The van der Waals surface area contributed by atoms with Crippen molar-refractivity contribution >= 4 is 17.2 Å². The Labute approximate surface area is 162 Å². The molecule has 0 aliphatic carbocycles. The first-order chi connectivity index (χ1) is 13.1. The first-order valence-corrected chi connectivity index (χ1v) is 9.92. The number of aromatic nitrogens is 2. The molecule has 0 radical (unpaired) electrons.